The number of halogens is 1. The summed E-state index contributed by atoms with van der Waals surface area (Å²) in [5.41, 5.74) is 9.70. The Kier molecular flexibility index (Phi) is 16.5. The quantitative estimate of drug-likeness (QED) is 0.0425. The summed E-state index contributed by atoms with van der Waals surface area (Å²) in [6.07, 6.45) is 6.01. The fourth-order valence-electron chi connectivity index (χ4n) is 9.61. The molecule has 12 nitrogen and oxygen atoms in total. The lowest BCUT2D eigenvalue weighted by molar-refractivity contribution is 0.0701. The van der Waals surface area contributed by atoms with Crippen LogP contribution in [-0.4, -0.2) is 119 Å². The average molecular weight is 966 g/mol. The Bertz CT molecular complexity index is 2510. The lowest BCUT2D eigenvalue weighted by Crippen LogP contribution is -2.46. The summed E-state index contributed by atoms with van der Waals surface area (Å²) in [6.45, 7) is 10.6. The first kappa shape index (κ1) is 48.8. The van der Waals surface area contributed by atoms with Gasteiger partial charge in [-0.3, -0.25) is 25.3 Å². The van der Waals surface area contributed by atoms with Crippen molar-refractivity contribution in [2.24, 2.45) is 5.41 Å². The number of nitrogens with zero attached hydrogens (tertiary/aromatic N) is 4. The molecule has 3 aliphatic heterocycles. The van der Waals surface area contributed by atoms with Crippen LogP contribution in [0.5, 0.6) is 0 Å². The van der Waals surface area contributed by atoms with Crippen LogP contribution in [0.4, 0.5) is 17.1 Å². The van der Waals surface area contributed by atoms with Gasteiger partial charge >= 0.3 is 0 Å². The topological polar surface area (TPSA) is 133 Å². The molecule has 1 unspecified atom stereocenters. The number of carbonyl (C=O) groups is 1. The maximum absolute atomic E-state index is 13.5. The first-order valence-corrected chi connectivity index (χ1v) is 26.4. The van der Waals surface area contributed by atoms with Crippen molar-refractivity contribution in [3.05, 3.63) is 137 Å². The van der Waals surface area contributed by atoms with E-state index in [1.807, 2.05) is 56.6 Å². The van der Waals surface area contributed by atoms with Gasteiger partial charge < -0.3 is 20.4 Å². The van der Waals surface area contributed by atoms with E-state index in [1.54, 1.807) is 30.0 Å². The van der Waals surface area contributed by atoms with Gasteiger partial charge in [0.2, 0.25) is 0 Å². The van der Waals surface area contributed by atoms with Crippen molar-refractivity contribution >= 4 is 56.4 Å². The maximum Gasteiger partial charge on any atom is 0.264 e. The minimum Gasteiger partial charge on any atom is -0.380 e. The van der Waals surface area contributed by atoms with Crippen LogP contribution in [0.25, 0.3) is 11.1 Å². The molecule has 0 bridgehead atoms. The molecule has 356 valence electrons. The third-order valence-electron chi connectivity index (χ3n) is 13.7. The highest BCUT2D eigenvalue weighted by Crippen LogP contribution is 2.40. The largest absolute Gasteiger partial charge is 0.380 e. The molecular weight excluding hydrogens is 900 g/mol. The van der Waals surface area contributed by atoms with Crippen molar-refractivity contribution in [1.82, 2.24) is 24.7 Å². The van der Waals surface area contributed by atoms with Gasteiger partial charge in [-0.05, 0) is 173 Å². The number of piperidine rings is 2. The van der Waals surface area contributed by atoms with Crippen molar-refractivity contribution in [1.29, 1.82) is 0 Å². The molecular formula is C52H65ClN8O4S2. The van der Waals surface area contributed by atoms with E-state index in [4.69, 9.17) is 11.6 Å². The van der Waals surface area contributed by atoms with Gasteiger partial charge in [0.25, 0.3) is 15.9 Å². The normalized spacial score (nSPS) is 17.4. The Morgan fingerprint density at radius 3 is 2.19 bits per heavy atom. The SMILES string of the molecule is CN(C)CCC(CSc1ccccc1)Nc1ccc(S(=O)(=O)NC(=O)c2ccc(N3CCN(Cc4cc(CN5CCC6(CCNCC6)CC5)ccc4-c4ccc(Cl)cc4)CC3)cc2)cc1NO. The van der Waals surface area contributed by atoms with Crippen LogP contribution in [0.15, 0.2) is 125 Å². The number of rotatable bonds is 18. The number of hydrogen-bond acceptors (Lipinski definition) is 12. The van der Waals surface area contributed by atoms with Gasteiger partial charge in [-0.25, -0.2) is 13.1 Å². The molecule has 5 aromatic carbocycles. The molecule has 0 radical (unpaired) electrons. The third kappa shape index (κ3) is 13.1. The second-order valence-electron chi connectivity index (χ2n) is 18.6. The molecule has 67 heavy (non-hydrogen) atoms. The molecule has 0 aliphatic carbocycles. The standard InChI is InChI=1S/C52H65ClN8O4S2/c1-58(2)27-20-44(38-66-46-6-4-3-5-7-46)55-49-19-17-47(35-50(49)56-63)67(64,65)57-51(62)41-11-15-45(16-12-41)61-32-30-60(31-33-61)37-42-34-39(8-18-48(42)40-9-13-43(53)14-10-40)36-59-28-23-52(24-29-59)21-25-54-26-22-52/h3-19,34-35,44,54-56,63H,20-33,36-38H2,1-2H3,(H,57,62). The molecule has 0 aromatic heterocycles. The number of amides is 1. The number of sulfonamides is 1. The number of carbonyl (C=O) groups excluding carboxylic acids is 1. The molecule has 3 aliphatic rings. The van der Waals surface area contributed by atoms with E-state index in [0.29, 0.717) is 11.1 Å². The Balaban J connectivity index is 0.863. The summed E-state index contributed by atoms with van der Waals surface area (Å²) in [7, 11) is -0.233. The second kappa shape index (κ2) is 22.6. The summed E-state index contributed by atoms with van der Waals surface area (Å²) in [5.74, 6) is 0.0248. The van der Waals surface area contributed by atoms with Gasteiger partial charge in [0.1, 0.15) is 0 Å². The first-order chi connectivity index (χ1) is 32.4. The molecule has 3 heterocycles. The Hall–Kier alpha value is -4.64. The zero-order valence-electron chi connectivity index (χ0n) is 38.7. The van der Waals surface area contributed by atoms with Crippen LogP contribution in [0.1, 0.15) is 53.6 Å². The van der Waals surface area contributed by atoms with E-state index >= 15 is 0 Å². The summed E-state index contributed by atoms with van der Waals surface area (Å²) >= 11 is 8.02. The highest BCUT2D eigenvalue weighted by atomic mass is 35.5. The Morgan fingerprint density at radius 1 is 0.806 bits per heavy atom. The van der Waals surface area contributed by atoms with Crippen LogP contribution in [0.3, 0.4) is 0 Å². The molecule has 1 amide bonds. The molecule has 3 fully saturated rings. The highest BCUT2D eigenvalue weighted by Gasteiger charge is 2.35. The molecule has 5 N–H and O–H groups in total. The van der Waals surface area contributed by atoms with E-state index in [9.17, 15) is 18.4 Å². The number of benzene rings is 5. The number of piperazine rings is 1. The van der Waals surface area contributed by atoms with E-state index in [0.717, 1.165) is 99.8 Å². The molecule has 1 atom stereocenters. The summed E-state index contributed by atoms with van der Waals surface area (Å²) < 4.78 is 29.3. The summed E-state index contributed by atoms with van der Waals surface area (Å²) in [4.78, 5) is 23.9. The smallest absolute Gasteiger partial charge is 0.264 e. The molecule has 5 aromatic rings. The lowest BCUT2D eigenvalue weighted by Gasteiger charge is -2.44. The molecule has 0 saturated carbocycles. The van der Waals surface area contributed by atoms with E-state index in [1.165, 1.54) is 60.1 Å². The minimum absolute atomic E-state index is 0.0209. The van der Waals surface area contributed by atoms with Crippen LogP contribution >= 0.6 is 23.4 Å². The predicted octanol–water partition coefficient (Wildman–Crippen LogP) is 8.74. The Labute approximate surface area is 406 Å². The van der Waals surface area contributed by atoms with Crippen molar-refractivity contribution in [3.63, 3.8) is 0 Å². The first-order valence-electron chi connectivity index (χ1n) is 23.5. The maximum atomic E-state index is 13.5. The van der Waals surface area contributed by atoms with Gasteiger partial charge in [-0.2, -0.15) is 0 Å². The lowest BCUT2D eigenvalue weighted by atomic mass is 9.71. The van der Waals surface area contributed by atoms with Crippen molar-refractivity contribution in [2.45, 2.75) is 61.0 Å². The fourth-order valence-corrected chi connectivity index (χ4v) is 11.7. The van der Waals surface area contributed by atoms with Crippen LogP contribution < -0.4 is 25.7 Å². The minimum atomic E-state index is -4.27. The van der Waals surface area contributed by atoms with E-state index < -0.39 is 15.9 Å². The van der Waals surface area contributed by atoms with E-state index in [-0.39, 0.29) is 22.2 Å². The average Bonchev–Trinajstić information content (AvgIpc) is 3.34. The molecule has 3 saturated heterocycles. The van der Waals surface area contributed by atoms with Gasteiger partial charge in [0, 0.05) is 72.2 Å². The van der Waals surface area contributed by atoms with Gasteiger partial charge in [-0.1, -0.05) is 60.1 Å². The molecule has 15 heteroatoms. The van der Waals surface area contributed by atoms with Crippen LogP contribution in [0.2, 0.25) is 5.02 Å². The van der Waals surface area contributed by atoms with Gasteiger partial charge in [0.15, 0.2) is 0 Å². The number of hydrogen-bond donors (Lipinski definition) is 5. The predicted molar refractivity (Wildman–Crippen MR) is 274 cm³/mol. The van der Waals surface area contributed by atoms with Crippen molar-refractivity contribution in [3.8, 4) is 11.1 Å². The van der Waals surface area contributed by atoms with E-state index in [2.05, 4.69) is 82.9 Å². The number of anilines is 3. The van der Waals surface area contributed by atoms with Crippen molar-refractivity contribution < 1.29 is 18.4 Å². The second-order valence-corrected chi connectivity index (χ2v) is 21.9. The monoisotopic (exact) mass is 964 g/mol. The zero-order chi connectivity index (χ0) is 46.8. The zero-order valence-corrected chi connectivity index (χ0v) is 41.1. The van der Waals surface area contributed by atoms with Gasteiger partial charge in [-0.15, -0.1) is 11.8 Å². The van der Waals surface area contributed by atoms with Crippen LogP contribution in [-0.2, 0) is 23.1 Å². The van der Waals surface area contributed by atoms with Gasteiger partial charge in [0.05, 0.1) is 16.3 Å². The highest BCUT2D eigenvalue weighted by molar-refractivity contribution is 7.99. The van der Waals surface area contributed by atoms with Crippen molar-refractivity contribution in [2.75, 3.05) is 94.4 Å². The number of thioether (sulfide) groups is 1. The summed E-state index contributed by atoms with van der Waals surface area (Å²) in [6, 6.07) is 36.8. The number of nitrogens with one attached hydrogen (secondary N) is 4. The van der Waals surface area contributed by atoms with Crippen LogP contribution in [0, 0.1) is 5.41 Å². The third-order valence-corrected chi connectivity index (χ3v) is 16.5. The summed E-state index contributed by atoms with van der Waals surface area (Å²) in [5, 5.41) is 17.8. The molecule has 1 spiro atoms. The molecule has 8 rings (SSSR count). The fraction of sp³-hybridized carbons (Fsp3) is 0.404. The number of likely N-dealkylation sites (tertiary alicyclic amines) is 1. The Morgan fingerprint density at radius 2 is 1.51 bits per heavy atom.